The highest BCUT2D eigenvalue weighted by molar-refractivity contribution is 7.92. The van der Waals surface area contributed by atoms with Gasteiger partial charge in [0.15, 0.2) is 0 Å². The molecular weight excluding hydrogens is 462 g/mol. The van der Waals surface area contributed by atoms with E-state index in [4.69, 9.17) is 0 Å². The molecule has 0 aliphatic rings. The van der Waals surface area contributed by atoms with Gasteiger partial charge >= 0.3 is 0 Å². The Balaban J connectivity index is 2.17. The van der Waals surface area contributed by atoms with E-state index in [1.165, 1.54) is 10.6 Å². The topological polar surface area (TPSA) is 86.8 Å². The first-order valence-electron chi connectivity index (χ1n) is 12.1. The first kappa shape index (κ1) is 28.4. The second kappa shape index (κ2) is 12.7. The highest BCUT2D eigenvalue weighted by atomic mass is 32.2. The second-order valence-corrected chi connectivity index (χ2v) is 11.2. The molecule has 8 heteroatoms. The average Bonchev–Trinajstić information content (AvgIpc) is 2.77. The molecule has 2 amide bonds. The number of rotatable bonds is 12. The molecule has 7 nitrogen and oxygen atoms in total. The van der Waals surface area contributed by atoms with Crippen LogP contribution in [0, 0.1) is 20.8 Å². The summed E-state index contributed by atoms with van der Waals surface area (Å²) in [5.41, 5.74) is 4.60. The summed E-state index contributed by atoms with van der Waals surface area (Å²) in [6.07, 6.45) is 2.46. The molecule has 0 aliphatic heterocycles. The van der Waals surface area contributed by atoms with Crippen LogP contribution < -0.4 is 9.62 Å². The van der Waals surface area contributed by atoms with Gasteiger partial charge in [0.05, 0.1) is 11.9 Å². The minimum Gasteiger partial charge on any atom is -0.354 e. The standard InChI is InChI=1S/C27H39N3O4S/c1-7-14-28-27(32)23(5)29(19-24-12-10-20(2)11-13-24)26(31)9-8-15-30(35(6,33)34)25-17-21(3)16-22(4)18-25/h10-13,16-18,23H,7-9,14-15,19H2,1-6H3,(H,28,32). The van der Waals surface area contributed by atoms with Gasteiger partial charge in [-0.15, -0.1) is 0 Å². The summed E-state index contributed by atoms with van der Waals surface area (Å²) >= 11 is 0. The number of aryl methyl sites for hydroxylation is 3. The van der Waals surface area contributed by atoms with Crippen molar-refractivity contribution >= 4 is 27.5 Å². The van der Waals surface area contributed by atoms with Crippen LogP contribution in [0.4, 0.5) is 5.69 Å². The zero-order valence-electron chi connectivity index (χ0n) is 21.8. The Hall–Kier alpha value is -2.87. The summed E-state index contributed by atoms with van der Waals surface area (Å²) in [5.74, 6) is -0.376. The van der Waals surface area contributed by atoms with Crippen LogP contribution in [0.15, 0.2) is 42.5 Å². The van der Waals surface area contributed by atoms with Gasteiger partial charge in [0.25, 0.3) is 0 Å². The van der Waals surface area contributed by atoms with Gasteiger partial charge in [0, 0.05) is 26.1 Å². The monoisotopic (exact) mass is 501 g/mol. The second-order valence-electron chi connectivity index (χ2n) is 9.26. The maximum absolute atomic E-state index is 13.3. The Labute approximate surface area is 210 Å². The predicted octanol–water partition coefficient (Wildman–Crippen LogP) is 4.10. The molecule has 1 N–H and O–H groups in total. The Kier molecular flexibility index (Phi) is 10.3. The number of hydrogen-bond acceptors (Lipinski definition) is 4. The summed E-state index contributed by atoms with van der Waals surface area (Å²) < 4.78 is 26.4. The molecule has 0 saturated heterocycles. The van der Waals surface area contributed by atoms with Gasteiger partial charge < -0.3 is 10.2 Å². The number of nitrogens with zero attached hydrogens (tertiary/aromatic N) is 2. The van der Waals surface area contributed by atoms with Gasteiger partial charge in [-0.25, -0.2) is 8.42 Å². The third-order valence-electron chi connectivity index (χ3n) is 5.84. The molecular formula is C27H39N3O4S. The molecule has 1 unspecified atom stereocenters. The van der Waals surface area contributed by atoms with Crippen LogP contribution in [0.3, 0.4) is 0 Å². The van der Waals surface area contributed by atoms with Crippen molar-refractivity contribution in [3.05, 3.63) is 64.7 Å². The number of anilines is 1. The first-order valence-corrected chi connectivity index (χ1v) is 14.0. The summed E-state index contributed by atoms with van der Waals surface area (Å²) in [4.78, 5) is 27.5. The van der Waals surface area contributed by atoms with Gasteiger partial charge in [-0.3, -0.25) is 13.9 Å². The maximum Gasteiger partial charge on any atom is 0.242 e. The maximum atomic E-state index is 13.3. The van der Waals surface area contributed by atoms with E-state index in [9.17, 15) is 18.0 Å². The van der Waals surface area contributed by atoms with Crippen LogP contribution in [0.25, 0.3) is 0 Å². The van der Waals surface area contributed by atoms with Crippen molar-refractivity contribution in [1.29, 1.82) is 0 Å². The lowest BCUT2D eigenvalue weighted by molar-refractivity contribution is -0.140. The summed E-state index contributed by atoms with van der Waals surface area (Å²) in [7, 11) is -3.52. The molecule has 2 rings (SSSR count). The normalized spacial score (nSPS) is 12.2. The van der Waals surface area contributed by atoms with Crippen molar-refractivity contribution in [1.82, 2.24) is 10.2 Å². The van der Waals surface area contributed by atoms with Gasteiger partial charge in [-0.2, -0.15) is 0 Å². The number of hydrogen-bond donors (Lipinski definition) is 1. The number of amides is 2. The third-order valence-corrected chi connectivity index (χ3v) is 7.03. The highest BCUT2D eigenvalue weighted by Gasteiger charge is 2.26. The largest absolute Gasteiger partial charge is 0.354 e. The summed E-state index contributed by atoms with van der Waals surface area (Å²) in [6.45, 7) is 10.6. The molecule has 2 aromatic carbocycles. The van der Waals surface area contributed by atoms with Crippen LogP contribution in [0.1, 0.15) is 55.4 Å². The van der Waals surface area contributed by atoms with Crippen molar-refractivity contribution in [2.75, 3.05) is 23.7 Å². The molecule has 0 radical (unpaired) electrons. The summed E-state index contributed by atoms with van der Waals surface area (Å²) in [5, 5.41) is 2.87. The molecule has 1 atom stereocenters. The molecule has 0 saturated carbocycles. The zero-order chi connectivity index (χ0) is 26.2. The lowest BCUT2D eigenvalue weighted by Gasteiger charge is -2.29. The lowest BCUT2D eigenvalue weighted by Crippen LogP contribution is -2.47. The van der Waals surface area contributed by atoms with Crippen molar-refractivity contribution in [2.45, 2.75) is 66.5 Å². The fourth-order valence-corrected chi connectivity index (χ4v) is 4.92. The Morgan fingerprint density at radius 2 is 1.57 bits per heavy atom. The fraction of sp³-hybridized carbons (Fsp3) is 0.481. The minimum atomic E-state index is -3.52. The average molecular weight is 502 g/mol. The van der Waals surface area contributed by atoms with E-state index in [0.29, 0.717) is 25.2 Å². The quantitative estimate of drug-likeness (QED) is 0.474. The van der Waals surface area contributed by atoms with Crippen LogP contribution in [0.2, 0.25) is 0 Å². The highest BCUT2D eigenvalue weighted by Crippen LogP contribution is 2.22. The molecule has 2 aromatic rings. The third kappa shape index (κ3) is 8.69. The van der Waals surface area contributed by atoms with E-state index >= 15 is 0 Å². The zero-order valence-corrected chi connectivity index (χ0v) is 22.6. The van der Waals surface area contributed by atoms with Crippen LogP contribution >= 0.6 is 0 Å². The van der Waals surface area contributed by atoms with E-state index in [1.54, 1.807) is 11.8 Å². The van der Waals surface area contributed by atoms with E-state index in [0.717, 1.165) is 28.7 Å². The lowest BCUT2D eigenvalue weighted by atomic mass is 10.1. The van der Waals surface area contributed by atoms with E-state index in [2.05, 4.69) is 5.32 Å². The van der Waals surface area contributed by atoms with Crippen molar-refractivity contribution < 1.29 is 18.0 Å². The number of carbonyl (C=O) groups excluding carboxylic acids is 2. The van der Waals surface area contributed by atoms with Crippen molar-refractivity contribution in [2.24, 2.45) is 0 Å². The van der Waals surface area contributed by atoms with Gasteiger partial charge in [-0.1, -0.05) is 42.8 Å². The van der Waals surface area contributed by atoms with Crippen molar-refractivity contribution in [3.63, 3.8) is 0 Å². The Morgan fingerprint density at radius 3 is 2.11 bits per heavy atom. The van der Waals surface area contributed by atoms with Gasteiger partial charge in [0.2, 0.25) is 21.8 Å². The van der Waals surface area contributed by atoms with Crippen LogP contribution in [-0.2, 0) is 26.2 Å². The molecule has 0 heterocycles. The fourth-order valence-electron chi connectivity index (χ4n) is 3.97. The molecule has 0 fully saturated rings. The molecule has 0 aliphatic carbocycles. The Morgan fingerprint density at radius 1 is 0.971 bits per heavy atom. The molecule has 35 heavy (non-hydrogen) atoms. The van der Waals surface area contributed by atoms with Gasteiger partial charge in [0.1, 0.15) is 6.04 Å². The Bertz CT molecular complexity index is 1090. The van der Waals surface area contributed by atoms with E-state index in [1.807, 2.05) is 70.2 Å². The number of benzene rings is 2. The number of carbonyl (C=O) groups is 2. The molecule has 0 spiro atoms. The first-order chi connectivity index (χ1) is 16.4. The molecule has 192 valence electrons. The smallest absolute Gasteiger partial charge is 0.242 e. The summed E-state index contributed by atoms with van der Waals surface area (Å²) in [6, 6.07) is 12.9. The SMILES string of the molecule is CCCNC(=O)C(C)N(Cc1ccc(C)cc1)C(=O)CCCN(c1cc(C)cc(C)c1)S(C)(=O)=O. The van der Waals surface area contributed by atoms with Gasteiger partial charge in [-0.05, 0) is 69.4 Å². The number of nitrogens with one attached hydrogen (secondary N) is 1. The predicted molar refractivity (Wildman–Crippen MR) is 142 cm³/mol. The van der Waals surface area contributed by atoms with E-state index < -0.39 is 16.1 Å². The van der Waals surface area contributed by atoms with Crippen LogP contribution in [-0.4, -0.2) is 50.5 Å². The minimum absolute atomic E-state index is 0.133. The van der Waals surface area contributed by atoms with E-state index in [-0.39, 0.29) is 24.8 Å². The van der Waals surface area contributed by atoms with Crippen LogP contribution in [0.5, 0.6) is 0 Å². The molecule has 0 aromatic heterocycles. The van der Waals surface area contributed by atoms with Crippen molar-refractivity contribution in [3.8, 4) is 0 Å². The molecule has 0 bridgehead atoms. The number of sulfonamides is 1.